The Hall–Kier alpha value is -1.65. The van der Waals surface area contributed by atoms with Crippen molar-refractivity contribution in [3.8, 4) is 0 Å². The Morgan fingerprint density at radius 1 is 1.24 bits per heavy atom. The SMILES string of the molecule is Cc1nc2sc3c(c2c2nc(C[NH2+]CC[NH+]4CCOCC4)nn12)CC(C)(C)OC3. The Bertz CT molecular complexity index is 1040. The largest absolute Gasteiger partial charge is 0.370 e. The predicted octanol–water partition coefficient (Wildman–Crippen LogP) is -0.523. The van der Waals surface area contributed by atoms with Crippen LogP contribution < -0.4 is 10.2 Å². The average Bonchev–Trinajstić information content (AvgIpc) is 3.26. The van der Waals surface area contributed by atoms with Crippen molar-refractivity contribution in [2.45, 2.75) is 45.9 Å². The van der Waals surface area contributed by atoms with Crippen LogP contribution in [0.4, 0.5) is 0 Å². The van der Waals surface area contributed by atoms with Gasteiger partial charge in [-0.05, 0) is 26.3 Å². The number of hydrogen-bond donors (Lipinski definition) is 2. The Labute approximate surface area is 174 Å². The van der Waals surface area contributed by atoms with Gasteiger partial charge in [-0.1, -0.05) is 0 Å². The quantitative estimate of drug-likeness (QED) is 0.545. The maximum Gasteiger partial charge on any atom is 0.206 e. The molecule has 0 saturated carbocycles. The number of nitrogens with zero attached hydrogens (tertiary/aromatic N) is 4. The third-order valence-electron chi connectivity index (χ3n) is 5.94. The molecular formula is C20H30N6O2S+2. The van der Waals surface area contributed by atoms with Gasteiger partial charge in [-0.25, -0.2) is 9.97 Å². The fourth-order valence-electron chi connectivity index (χ4n) is 4.32. The minimum atomic E-state index is -0.151. The molecule has 156 valence electrons. The molecular weight excluding hydrogens is 388 g/mol. The maximum absolute atomic E-state index is 6.01. The molecule has 0 bridgehead atoms. The van der Waals surface area contributed by atoms with Gasteiger partial charge in [0.2, 0.25) is 5.82 Å². The highest BCUT2D eigenvalue weighted by atomic mass is 32.1. The van der Waals surface area contributed by atoms with E-state index in [4.69, 9.17) is 24.5 Å². The summed E-state index contributed by atoms with van der Waals surface area (Å²) in [4.78, 5) is 13.7. The third kappa shape index (κ3) is 3.77. The molecule has 0 atom stereocenters. The van der Waals surface area contributed by atoms with Crippen molar-refractivity contribution in [3.05, 3.63) is 22.1 Å². The molecule has 9 heteroatoms. The molecule has 1 fully saturated rings. The van der Waals surface area contributed by atoms with E-state index in [1.165, 1.54) is 15.8 Å². The molecule has 0 unspecified atom stereocenters. The molecule has 0 amide bonds. The van der Waals surface area contributed by atoms with Gasteiger partial charge in [-0.2, -0.15) is 4.52 Å². The molecule has 0 aliphatic carbocycles. The van der Waals surface area contributed by atoms with Crippen LogP contribution in [0.5, 0.6) is 0 Å². The number of nitrogens with one attached hydrogen (secondary N) is 1. The maximum atomic E-state index is 6.01. The first-order valence-electron chi connectivity index (χ1n) is 10.5. The lowest BCUT2D eigenvalue weighted by Gasteiger charge is -2.30. The minimum absolute atomic E-state index is 0.151. The number of fused-ring (bicyclic) bond motifs is 5. The lowest BCUT2D eigenvalue weighted by molar-refractivity contribution is -0.920. The highest BCUT2D eigenvalue weighted by Crippen LogP contribution is 2.39. The van der Waals surface area contributed by atoms with Crippen LogP contribution in [-0.2, 0) is 29.0 Å². The van der Waals surface area contributed by atoms with Crippen LogP contribution in [0.1, 0.15) is 35.9 Å². The van der Waals surface area contributed by atoms with E-state index in [-0.39, 0.29) is 5.60 Å². The number of rotatable bonds is 5. The standard InChI is InChI=1S/C20H28N6O2S/c1-13-22-19-17(14-10-20(2,3)28-12-15(14)29-19)18-23-16(24-26(13)18)11-21-4-5-25-6-8-27-9-7-25/h21H,4-12H2,1-3H3/p+2. The van der Waals surface area contributed by atoms with Gasteiger partial charge >= 0.3 is 0 Å². The van der Waals surface area contributed by atoms with Crippen LogP contribution in [0.25, 0.3) is 15.9 Å². The molecule has 3 aromatic heterocycles. The fraction of sp³-hybridized carbons (Fsp3) is 0.650. The van der Waals surface area contributed by atoms with E-state index in [1.54, 1.807) is 16.2 Å². The highest BCUT2D eigenvalue weighted by molar-refractivity contribution is 7.19. The number of aromatic nitrogens is 4. The summed E-state index contributed by atoms with van der Waals surface area (Å²) in [7, 11) is 0. The van der Waals surface area contributed by atoms with Gasteiger partial charge in [0.15, 0.2) is 5.65 Å². The molecule has 8 nitrogen and oxygen atoms in total. The van der Waals surface area contributed by atoms with E-state index < -0.39 is 0 Å². The summed E-state index contributed by atoms with van der Waals surface area (Å²) in [5.74, 6) is 1.77. The Kier molecular flexibility index (Phi) is 5.03. The van der Waals surface area contributed by atoms with Gasteiger partial charge in [0.25, 0.3) is 0 Å². The first kappa shape index (κ1) is 19.3. The molecule has 0 spiro atoms. The topological polar surface area (TPSA) is 82.6 Å². The molecule has 2 aliphatic heterocycles. The summed E-state index contributed by atoms with van der Waals surface area (Å²) >= 11 is 1.74. The summed E-state index contributed by atoms with van der Waals surface area (Å²) < 4.78 is 13.4. The second-order valence-electron chi connectivity index (χ2n) is 8.73. The number of nitrogens with two attached hydrogens (primary N) is 1. The van der Waals surface area contributed by atoms with Crippen molar-refractivity contribution >= 4 is 27.2 Å². The van der Waals surface area contributed by atoms with Crippen molar-refractivity contribution in [2.24, 2.45) is 0 Å². The molecule has 0 radical (unpaired) electrons. The van der Waals surface area contributed by atoms with Crippen LogP contribution in [0, 0.1) is 6.92 Å². The molecule has 2 aliphatic rings. The van der Waals surface area contributed by atoms with Crippen molar-refractivity contribution in [1.82, 2.24) is 19.6 Å². The zero-order valence-electron chi connectivity index (χ0n) is 17.5. The Morgan fingerprint density at radius 2 is 2.07 bits per heavy atom. The lowest BCUT2D eigenvalue weighted by Crippen LogP contribution is -3.16. The van der Waals surface area contributed by atoms with E-state index >= 15 is 0 Å². The van der Waals surface area contributed by atoms with E-state index in [2.05, 4.69) is 19.2 Å². The Balaban J connectivity index is 1.38. The fourth-order valence-corrected chi connectivity index (χ4v) is 5.46. The Morgan fingerprint density at radius 3 is 2.90 bits per heavy atom. The van der Waals surface area contributed by atoms with Gasteiger partial charge < -0.3 is 19.7 Å². The van der Waals surface area contributed by atoms with Crippen molar-refractivity contribution in [1.29, 1.82) is 0 Å². The van der Waals surface area contributed by atoms with E-state index in [1.807, 2.05) is 11.4 Å². The summed E-state index contributed by atoms with van der Waals surface area (Å²) in [6, 6.07) is 0. The van der Waals surface area contributed by atoms with Gasteiger partial charge in [0.05, 0.1) is 30.8 Å². The van der Waals surface area contributed by atoms with Crippen LogP contribution >= 0.6 is 11.3 Å². The van der Waals surface area contributed by atoms with E-state index in [9.17, 15) is 0 Å². The first-order chi connectivity index (χ1) is 14.0. The van der Waals surface area contributed by atoms with Crippen LogP contribution in [0.3, 0.4) is 0 Å². The van der Waals surface area contributed by atoms with Gasteiger partial charge in [-0.3, -0.25) is 0 Å². The number of quaternary nitrogens is 2. The van der Waals surface area contributed by atoms with Gasteiger partial charge in [0, 0.05) is 11.3 Å². The molecule has 0 aromatic carbocycles. The van der Waals surface area contributed by atoms with E-state index in [0.29, 0.717) is 6.61 Å². The second-order valence-corrected chi connectivity index (χ2v) is 9.81. The third-order valence-corrected chi connectivity index (χ3v) is 7.04. The van der Waals surface area contributed by atoms with Crippen molar-refractivity contribution < 1.29 is 19.7 Å². The number of thiophene rings is 1. The molecule has 3 N–H and O–H groups in total. The van der Waals surface area contributed by atoms with Gasteiger partial charge in [-0.15, -0.1) is 16.4 Å². The zero-order chi connectivity index (χ0) is 20.0. The molecule has 29 heavy (non-hydrogen) atoms. The van der Waals surface area contributed by atoms with Gasteiger partial charge in [0.1, 0.15) is 43.4 Å². The molecule has 5 heterocycles. The summed E-state index contributed by atoms with van der Waals surface area (Å²) in [6.45, 7) is 14.0. The number of aryl methyl sites for hydroxylation is 1. The second kappa shape index (κ2) is 7.55. The first-order valence-corrected chi connectivity index (χ1v) is 11.4. The van der Waals surface area contributed by atoms with Crippen LogP contribution in [0.2, 0.25) is 0 Å². The molecule has 1 saturated heterocycles. The van der Waals surface area contributed by atoms with E-state index in [0.717, 1.165) is 74.5 Å². The summed E-state index contributed by atoms with van der Waals surface area (Å²) in [6.07, 6.45) is 0.888. The highest BCUT2D eigenvalue weighted by Gasteiger charge is 2.31. The smallest absolute Gasteiger partial charge is 0.206 e. The lowest BCUT2D eigenvalue weighted by atomic mass is 9.94. The number of hydrogen-bond acceptors (Lipinski definition) is 6. The minimum Gasteiger partial charge on any atom is -0.370 e. The van der Waals surface area contributed by atoms with Crippen molar-refractivity contribution in [2.75, 3.05) is 39.4 Å². The number of morpholine rings is 1. The van der Waals surface area contributed by atoms with Crippen molar-refractivity contribution in [3.63, 3.8) is 0 Å². The summed E-state index contributed by atoms with van der Waals surface area (Å²) in [5.41, 5.74) is 2.14. The normalized spacial score (nSPS) is 19.8. The average molecular weight is 419 g/mol. The molecule has 5 rings (SSSR count). The molecule has 3 aromatic rings. The monoisotopic (exact) mass is 418 g/mol. The van der Waals surface area contributed by atoms with Crippen LogP contribution in [0.15, 0.2) is 0 Å². The summed E-state index contributed by atoms with van der Waals surface area (Å²) in [5, 5.41) is 8.26. The van der Waals surface area contributed by atoms with Crippen LogP contribution in [-0.4, -0.2) is 64.6 Å². The number of ether oxygens (including phenoxy) is 2. The zero-order valence-corrected chi connectivity index (χ0v) is 18.3. The predicted molar refractivity (Wildman–Crippen MR) is 110 cm³/mol.